The van der Waals surface area contributed by atoms with Crippen molar-refractivity contribution in [2.24, 2.45) is 0 Å². The van der Waals surface area contributed by atoms with E-state index < -0.39 is 0 Å². The highest BCUT2D eigenvalue weighted by Gasteiger charge is 2.14. The third-order valence-electron chi connectivity index (χ3n) is 2.53. The predicted octanol–water partition coefficient (Wildman–Crippen LogP) is 3.16. The van der Waals surface area contributed by atoms with Gasteiger partial charge < -0.3 is 14.0 Å². The summed E-state index contributed by atoms with van der Waals surface area (Å²) in [5.74, 6) is 1.58. The van der Waals surface area contributed by atoms with Crippen molar-refractivity contribution in [3.05, 3.63) is 27.9 Å². The third-order valence-corrected chi connectivity index (χ3v) is 3.47. The number of halogens is 1. The molecule has 0 aliphatic carbocycles. The number of benzene rings is 1. The molecule has 4 nitrogen and oxygen atoms in total. The predicted molar refractivity (Wildman–Crippen MR) is 69.1 cm³/mol. The zero-order chi connectivity index (χ0) is 12.4. The van der Waals surface area contributed by atoms with Crippen molar-refractivity contribution in [3.8, 4) is 5.75 Å². The van der Waals surface area contributed by atoms with E-state index in [1.807, 2.05) is 19.1 Å². The maximum absolute atomic E-state index is 5.62. The van der Waals surface area contributed by atoms with Crippen LogP contribution in [0.1, 0.15) is 11.3 Å². The summed E-state index contributed by atoms with van der Waals surface area (Å²) in [6.45, 7) is 2.51. The van der Waals surface area contributed by atoms with Gasteiger partial charge in [0.05, 0.1) is 14.2 Å². The monoisotopic (exact) mass is 299 g/mol. The number of nitrogens with one attached hydrogen (secondary N) is 1. The number of fused-ring (bicyclic) bond motifs is 1. The zero-order valence-electron chi connectivity index (χ0n) is 9.96. The minimum Gasteiger partial charge on any atom is -0.493 e. The fourth-order valence-corrected chi connectivity index (χ4v) is 2.30. The highest BCUT2D eigenvalue weighted by atomic mass is 79.9. The fourth-order valence-electron chi connectivity index (χ4n) is 1.75. The quantitative estimate of drug-likeness (QED) is 0.881. The van der Waals surface area contributed by atoms with Gasteiger partial charge in [-0.15, -0.1) is 0 Å². The molecule has 92 valence electrons. The van der Waals surface area contributed by atoms with Gasteiger partial charge in [-0.25, -0.2) is 0 Å². The summed E-state index contributed by atoms with van der Waals surface area (Å²) in [5, 5.41) is 1.01. The number of rotatable bonds is 4. The number of methoxy groups -OCH3 is 1. The second kappa shape index (κ2) is 5.08. The van der Waals surface area contributed by atoms with Crippen LogP contribution >= 0.6 is 15.9 Å². The largest absolute Gasteiger partial charge is 0.493 e. The van der Waals surface area contributed by atoms with Crippen LogP contribution in [0.25, 0.3) is 11.0 Å². The topological polar surface area (TPSA) is 43.6 Å². The summed E-state index contributed by atoms with van der Waals surface area (Å²) >= 11 is 3.58. The van der Waals surface area contributed by atoms with Crippen LogP contribution < -0.4 is 10.2 Å². The molecule has 0 aliphatic rings. The molecule has 2 aromatic rings. The Morgan fingerprint density at radius 1 is 1.35 bits per heavy atom. The Morgan fingerprint density at radius 2 is 2.12 bits per heavy atom. The Bertz CT molecular complexity index is 536. The van der Waals surface area contributed by atoms with E-state index in [4.69, 9.17) is 14.0 Å². The summed E-state index contributed by atoms with van der Waals surface area (Å²) in [5.41, 5.74) is 4.63. The normalized spacial score (nSPS) is 11.1. The second-order valence-corrected chi connectivity index (χ2v) is 4.47. The first kappa shape index (κ1) is 12.4. The van der Waals surface area contributed by atoms with Gasteiger partial charge in [-0.1, -0.05) is 0 Å². The smallest absolute Gasteiger partial charge is 0.177 e. The van der Waals surface area contributed by atoms with Gasteiger partial charge in [0.25, 0.3) is 0 Å². The molecule has 1 N–H and O–H groups in total. The van der Waals surface area contributed by atoms with E-state index in [-0.39, 0.29) is 0 Å². The molecule has 0 saturated carbocycles. The van der Waals surface area contributed by atoms with E-state index in [1.165, 1.54) is 0 Å². The molecule has 1 aromatic carbocycles. The van der Waals surface area contributed by atoms with Crippen LogP contribution in [0.15, 0.2) is 21.0 Å². The molecule has 0 atom stereocenters. The van der Waals surface area contributed by atoms with Crippen molar-refractivity contribution in [1.82, 2.24) is 5.48 Å². The van der Waals surface area contributed by atoms with Gasteiger partial charge in [0.2, 0.25) is 0 Å². The van der Waals surface area contributed by atoms with Crippen molar-refractivity contribution in [3.63, 3.8) is 0 Å². The van der Waals surface area contributed by atoms with Crippen molar-refractivity contribution in [1.29, 1.82) is 0 Å². The second-order valence-electron chi connectivity index (χ2n) is 3.68. The lowest BCUT2D eigenvalue weighted by Gasteiger charge is -2.09. The van der Waals surface area contributed by atoms with Crippen LogP contribution in [0.3, 0.4) is 0 Å². The molecule has 2 rings (SSSR count). The highest BCUT2D eigenvalue weighted by Crippen LogP contribution is 2.36. The number of hydroxylamine groups is 1. The molecule has 0 amide bonds. The average Bonchev–Trinajstić information content (AvgIpc) is 2.71. The molecule has 0 aliphatic heterocycles. The molecule has 0 radical (unpaired) electrons. The first-order valence-electron chi connectivity index (χ1n) is 5.18. The number of hydrogen-bond donors (Lipinski definition) is 1. The molecular weight excluding hydrogens is 286 g/mol. The van der Waals surface area contributed by atoms with Gasteiger partial charge in [0.15, 0.2) is 11.3 Å². The average molecular weight is 300 g/mol. The van der Waals surface area contributed by atoms with Crippen LogP contribution in [0.2, 0.25) is 0 Å². The molecule has 0 fully saturated rings. The van der Waals surface area contributed by atoms with Gasteiger partial charge in [-0.3, -0.25) is 0 Å². The lowest BCUT2D eigenvalue weighted by Crippen LogP contribution is -2.11. The fraction of sp³-hybridized carbons (Fsp3) is 0.333. The maximum Gasteiger partial charge on any atom is 0.177 e. The summed E-state index contributed by atoms with van der Waals surface area (Å²) in [6, 6.07) is 3.92. The molecule has 1 aromatic heterocycles. The van der Waals surface area contributed by atoms with Crippen molar-refractivity contribution in [2.75, 3.05) is 14.2 Å². The Labute approximate surface area is 108 Å². The Balaban J connectivity index is 2.58. The van der Waals surface area contributed by atoms with E-state index in [2.05, 4.69) is 21.4 Å². The summed E-state index contributed by atoms with van der Waals surface area (Å²) < 4.78 is 12.0. The van der Waals surface area contributed by atoms with Gasteiger partial charge in [0, 0.05) is 16.4 Å². The van der Waals surface area contributed by atoms with Gasteiger partial charge in [0.1, 0.15) is 5.76 Å². The summed E-state index contributed by atoms with van der Waals surface area (Å²) in [6.07, 6.45) is 0. The van der Waals surface area contributed by atoms with E-state index >= 15 is 0 Å². The van der Waals surface area contributed by atoms with Gasteiger partial charge >= 0.3 is 0 Å². The van der Waals surface area contributed by atoms with Gasteiger partial charge in [-0.05, 0) is 40.5 Å². The Morgan fingerprint density at radius 3 is 2.76 bits per heavy atom. The van der Waals surface area contributed by atoms with Crippen LogP contribution in [0.4, 0.5) is 0 Å². The molecule has 0 spiro atoms. The Hall–Kier alpha value is -1.04. The number of aryl methyl sites for hydroxylation is 1. The first-order valence-corrected chi connectivity index (χ1v) is 5.98. The minimum atomic E-state index is 0.591. The summed E-state index contributed by atoms with van der Waals surface area (Å²) in [7, 11) is 3.22. The molecule has 1 heterocycles. The molecule has 0 unspecified atom stereocenters. The van der Waals surface area contributed by atoms with Gasteiger partial charge in [-0.2, -0.15) is 5.48 Å². The first-order chi connectivity index (χ1) is 8.17. The van der Waals surface area contributed by atoms with Crippen molar-refractivity contribution >= 4 is 26.9 Å². The van der Waals surface area contributed by atoms with Crippen LogP contribution in [-0.2, 0) is 11.4 Å². The lowest BCUT2D eigenvalue weighted by atomic mass is 10.1. The molecule has 0 bridgehead atoms. The van der Waals surface area contributed by atoms with E-state index in [0.29, 0.717) is 6.54 Å². The van der Waals surface area contributed by atoms with Crippen LogP contribution in [-0.4, -0.2) is 14.2 Å². The minimum absolute atomic E-state index is 0.591. The number of hydrogen-bond acceptors (Lipinski definition) is 4. The van der Waals surface area contributed by atoms with Crippen LogP contribution in [0, 0.1) is 6.92 Å². The summed E-state index contributed by atoms with van der Waals surface area (Å²) in [4.78, 5) is 4.86. The van der Waals surface area contributed by atoms with Crippen molar-refractivity contribution in [2.45, 2.75) is 13.5 Å². The SMILES string of the molecule is CONCc1cc(OC)c2oc(C)cc2c1Br. The maximum atomic E-state index is 5.62. The number of ether oxygens (including phenoxy) is 1. The molecule has 5 heteroatoms. The van der Waals surface area contributed by atoms with E-state index in [0.717, 1.165) is 32.5 Å². The molecule has 17 heavy (non-hydrogen) atoms. The van der Waals surface area contributed by atoms with E-state index in [1.54, 1.807) is 14.2 Å². The Kier molecular flexibility index (Phi) is 3.71. The third kappa shape index (κ3) is 2.31. The standard InChI is InChI=1S/C12H14BrNO3/c1-7-4-9-11(13)8(6-14-16-3)5-10(15-2)12(9)17-7/h4-5,14H,6H2,1-3H3. The van der Waals surface area contributed by atoms with Crippen LogP contribution in [0.5, 0.6) is 5.75 Å². The molecule has 0 saturated heterocycles. The molecular formula is C12H14BrNO3. The van der Waals surface area contributed by atoms with Crippen molar-refractivity contribution < 1.29 is 14.0 Å². The number of furan rings is 1. The lowest BCUT2D eigenvalue weighted by molar-refractivity contribution is 0.0865. The highest BCUT2D eigenvalue weighted by molar-refractivity contribution is 9.10. The zero-order valence-corrected chi connectivity index (χ0v) is 11.6. The van der Waals surface area contributed by atoms with E-state index in [9.17, 15) is 0 Å².